The normalized spacial score (nSPS) is 20.7. The van der Waals surface area contributed by atoms with Crippen LogP contribution >= 0.6 is 0 Å². The van der Waals surface area contributed by atoms with Gasteiger partial charge in [0.15, 0.2) is 0 Å². The number of benzene rings is 3. The number of methoxy groups -OCH3 is 2. The molecule has 14 heteroatoms. The Labute approximate surface area is 327 Å². The highest BCUT2D eigenvalue weighted by molar-refractivity contribution is 5.96. The van der Waals surface area contributed by atoms with Gasteiger partial charge in [0.05, 0.1) is 14.2 Å². The number of alkyl carbamates (subject to hydrolysis) is 2. The lowest BCUT2D eigenvalue weighted by Gasteiger charge is -2.38. The minimum Gasteiger partial charge on any atom is -0.453 e. The summed E-state index contributed by atoms with van der Waals surface area (Å²) in [5, 5.41) is 5.14. The standard InChI is InChI=1S/C42H52N6O8/c1-5-33(45-39(53)55-3)35(49)47-24-10-22-41(47,37(43)51)30-18-14-27(15-19-30)26-32(28-12-8-7-9-13-28)29-16-20-31(21-17-29)42(38(44)52)23-11-25-48(42)36(50)34(6-2)46-40(54)56-4/h7-9,12-21,32-34H,5-6,10-11,22-26H2,1-4H3,(H2,43,51)(H2,44,52)(H,45,53)(H,46,54)/t32?,33-,34-,41-,42-/m0/s1. The van der Waals surface area contributed by atoms with E-state index in [1.165, 1.54) is 24.0 Å². The van der Waals surface area contributed by atoms with Gasteiger partial charge in [-0.1, -0.05) is 92.7 Å². The zero-order valence-electron chi connectivity index (χ0n) is 32.4. The molecule has 5 rings (SSSR count). The zero-order chi connectivity index (χ0) is 40.6. The molecule has 0 aromatic heterocycles. The zero-order valence-corrected chi connectivity index (χ0v) is 32.4. The van der Waals surface area contributed by atoms with Crippen molar-refractivity contribution in [3.63, 3.8) is 0 Å². The summed E-state index contributed by atoms with van der Waals surface area (Å²) in [7, 11) is 2.44. The number of likely N-dealkylation sites (tertiary alicyclic amines) is 2. The summed E-state index contributed by atoms with van der Waals surface area (Å²) in [6, 6.07) is 23.4. The Morgan fingerprint density at radius 3 is 1.45 bits per heavy atom. The van der Waals surface area contributed by atoms with Crippen molar-refractivity contribution >= 4 is 35.8 Å². The van der Waals surface area contributed by atoms with E-state index in [0.29, 0.717) is 69.2 Å². The molecule has 14 nitrogen and oxygen atoms in total. The molecule has 6 amide bonds. The first-order valence-electron chi connectivity index (χ1n) is 19.0. The smallest absolute Gasteiger partial charge is 0.407 e. The van der Waals surface area contributed by atoms with Crippen LogP contribution in [-0.4, -0.2) is 85.0 Å². The van der Waals surface area contributed by atoms with Crippen molar-refractivity contribution in [3.8, 4) is 0 Å². The van der Waals surface area contributed by atoms with E-state index in [4.69, 9.17) is 20.9 Å². The van der Waals surface area contributed by atoms with Crippen LogP contribution < -0.4 is 22.1 Å². The Morgan fingerprint density at radius 1 is 0.643 bits per heavy atom. The van der Waals surface area contributed by atoms with E-state index in [9.17, 15) is 28.8 Å². The predicted octanol–water partition coefficient (Wildman–Crippen LogP) is 3.94. The van der Waals surface area contributed by atoms with Gasteiger partial charge < -0.3 is 41.4 Å². The minimum absolute atomic E-state index is 0.125. The van der Waals surface area contributed by atoms with Crippen molar-refractivity contribution in [3.05, 3.63) is 107 Å². The molecule has 2 aliphatic heterocycles. The second kappa shape index (κ2) is 17.7. The second-order valence-corrected chi connectivity index (χ2v) is 14.3. The molecule has 1 unspecified atom stereocenters. The largest absolute Gasteiger partial charge is 0.453 e. The molecule has 0 radical (unpaired) electrons. The highest BCUT2D eigenvalue weighted by atomic mass is 16.5. The van der Waals surface area contributed by atoms with E-state index in [-0.39, 0.29) is 5.92 Å². The van der Waals surface area contributed by atoms with E-state index in [2.05, 4.69) is 10.6 Å². The Kier molecular flexibility index (Phi) is 13.0. The first-order chi connectivity index (χ1) is 26.9. The fraction of sp³-hybridized carbons (Fsp3) is 0.429. The Hall–Kier alpha value is -5.92. The Bertz CT molecular complexity index is 1910. The second-order valence-electron chi connectivity index (χ2n) is 14.3. The summed E-state index contributed by atoms with van der Waals surface area (Å²) >= 11 is 0. The third-order valence-corrected chi connectivity index (χ3v) is 11.3. The van der Waals surface area contributed by atoms with E-state index < -0.39 is 59.0 Å². The fourth-order valence-electron chi connectivity index (χ4n) is 8.34. The van der Waals surface area contributed by atoms with Crippen molar-refractivity contribution in [1.82, 2.24) is 20.4 Å². The molecular formula is C42H52N6O8. The third kappa shape index (κ3) is 7.91. The quantitative estimate of drug-likeness (QED) is 0.189. The van der Waals surface area contributed by atoms with Crippen LogP contribution in [0.2, 0.25) is 0 Å². The molecule has 0 aliphatic carbocycles. The molecule has 3 aromatic carbocycles. The van der Waals surface area contributed by atoms with Gasteiger partial charge in [0.2, 0.25) is 23.6 Å². The maximum absolute atomic E-state index is 13.8. The number of amides is 6. The fourth-order valence-corrected chi connectivity index (χ4v) is 8.34. The van der Waals surface area contributed by atoms with Crippen molar-refractivity contribution in [1.29, 1.82) is 0 Å². The van der Waals surface area contributed by atoms with Gasteiger partial charge in [0.25, 0.3) is 0 Å². The molecule has 0 bridgehead atoms. The van der Waals surface area contributed by atoms with Gasteiger partial charge in [-0.15, -0.1) is 0 Å². The lowest BCUT2D eigenvalue weighted by Crippen LogP contribution is -2.58. The summed E-state index contributed by atoms with van der Waals surface area (Å²) in [5.74, 6) is -2.23. The molecular weight excluding hydrogens is 716 g/mol. The van der Waals surface area contributed by atoms with E-state index in [0.717, 1.165) is 16.7 Å². The molecule has 2 fully saturated rings. The van der Waals surface area contributed by atoms with Gasteiger partial charge in [-0.25, -0.2) is 9.59 Å². The van der Waals surface area contributed by atoms with Crippen LogP contribution in [0.25, 0.3) is 0 Å². The number of hydrogen-bond donors (Lipinski definition) is 4. The summed E-state index contributed by atoms with van der Waals surface area (Å²) in [6.45, 7) is 4.14. The highest BCUT2D eigenvalue weighted by Crippen LogP contribution is 2.42. The van der Waals surface area contributed by atoms with E-state index in [1.54, 1.807) is 13.8 Å². The van der Waals surface area contributed by atoms with E-state index in [1.807, 2.05) is 78.9 Å². The number of nitrogens with zero attached hydrogens (tertiary/aromatic N) is 2. The summed E-state index contributed by atoms with van der Waals surface area (Å²) in [5.41, 5.74) is 13.5. The SMILES string of the molecule is CC[C@H](NC(=O)OC)C(=O)N1CCC[C@@]1(C(N)=O)c1ccc(CC(c2ccccc2)c2ccc([C@]3(C(N)=O)CCCN3C(=O)[C@H](CC)NC(=O)OC)cc2)cc1. The van der Waals surface area contributed by atoms with Gasteiger partial charge >= 0.3 is 12.2 Å². The number of carbonyl (C=O) groups excluding carboxylic acids is 6. The first kappa shape index (κ1) is 41.2. The molecule has 2 aliphatic rings. The summed E-state index contributed by atoms with van der Waals surface area (Å²) < 4.78 is 9.42. The molecule has 56 heavy (non-hydrogen) atoms. The molecule has 5 atom stereocenters. The summed E-state index contributed by atoms with van der Waals surface area (Å²) in [6.07, 6.45) is 1.49. The van der Waals surface area contributed by atoms with Gasteiger partial charge in [-0.3, -0.25) is 19.2 Å². The first-order valence-corrected chi connectivity index (χ1v) is 19.0. The molecule has 0 spiro atoms. The number of carbonyl (C=O) groups is 6. The number of ether oxygens (including phenoxy) is 2. The van der Waals surface area contributed by atoms with Crippen molar-refractivity contribution < 1.29 is 38.2 Å². The predicted molar refractivity (Wildman–Crippen MR) is 208 cm³/mol. The number of hydrogen-bond acceptors (Lipinski definition) is 8. The molecule has 6 N–H and O–H groups in total. The van der Waals surface area contributed by atoms with Crippen LogP contribution in [0.4, 0.5) is 9.59 Å². The van der Waals surface area contributed by atoms with Gasteiger partial charge in [0.1, 0.15) is 23.2 Å². The van der Waals surface area contributed by atoms with Crippen LogP contribution in [0, 0.1) is 0 Å². The van der Waals surface area contributed by atoms with Crippen LogP contribution in [-0.2, 0) is 46.2 Å². The maximum Gasteiger partial charge on any atom is 0.407 e. The van der Waals surface area contributed by atoms with Crippen molar-refractivity contribution in [2.45, 2.75) is 87.9 Å². The number of nitrogens with one attached hydrogen (secondary N) is 2. The molecule has 3 aromatic rings. The Morgan fingerprint density at radius 2 is 1.05 bits per heavy atom. The van der Waals surface area contributed by atoms with Crippen molar-refractivity contribution in [2.24, 2.45) is 11.5 Å². The summed E-state index contributed by atoms with van der Waals surface area (Å²) in [4.78, 5) is 81.0. The van der Waals surface area contributed by atoms with Crippen LogP contribution in [0.1, 0.15) is 86.1 Å². The number of nitrogens with two attached hydrogens (primary N) is 2. The number of rotatable bonds is 14. The highest BCUT2D eigenvalue weighted by Gasteiger charge is 2.52. The molecule has 298 valence electrons. The van der Waals surface area contributed by atoms with Gasteiger partial charge in [-0.05, 0) is 72.8 Å². The lowest BCUT2D eigenvalue weighted by molar-refractivity contribution is -0.145. The number of primary amides is 2. The average Bonchev–Trinajstić information content (AvgIpc) is 3.88. The van der Waals surface area contributed by atoms with Gasteiger partial charge in [0, 0.05) is 19.0 Å². The van der Waals surface area contributed by atoms with Crippen LogP contribution in [0.5, 0.6) is 0 Å². The minimum atomic E-state index is -1.39. The average molecular weight is 769 g/mol. The molecule has 0 saturated carbocycles. The third-order valence-electron chi connectivity index (χ3n) is 11.3. The topological polar surface area (TPSA) is 203 Å². The Balaban J connectivity index is 1.44. The van der Waals surface area contributed by atoms with Crippen LogP contribution in [0.15, 0.2) is 78.9 Å². The molecule has 2 heterocycles. The monoisotopic (exact) mass is 768 g/mol. The van der Waals surface area contributed by atoms with Crippen LogP contribution in [0.3, 0.4) is 0 Å². The maximum atomic E-state index is 13.8. The van der Waals surface area contributed by atoms with Crippen molar-refractivity contribution in [2.75, 3.05) is 27.3 Å². The van der Waals surface area contributed by atoms with E-state index >= 15 is 0 Å². The van der Waals surface area contributed by atoms with Gasteiger partial charge in [-0.2, -0.15) is 0 Å². The molecule has 2 saturated heterocycles. The lowest BCUT2D eigenvalue weighted by atomic mass is 9.81.